The topological polar surface area (TPSA) is 77.1 Å². The number of hydrogen-bond acceptors (Lipinski definition) is 5. The largest absolute Gasteiger partial charge is 0.496 e. The molecule has 1 aliphatic carbocycles. The molecule has 2 unspecified atom stereocenters. The molecule has 1 aromatic carbocycles. The summed E-state index contributed by atoms with van der Waals surface area (Å²) in [5.41, 5.74) is 0.825. The Morgan fingerprint density at radius 2 is 2.16 bits per heavy atom. The van der Waals surface area contributed by atoms with Crippen LogP contribution in [-0.2, 0) is 19.1 Å². The van der Waals surface area contributed by atoms with Gasteiger partial charge in [-0.3, -0.25) is 9.59 Å². The third-order valence-corrected chi connectivity index (χ3v) is 6.22. The molecule has 1 saturated heterocycles. The maximum atomic E-state index is 13.2. The Morgan fingerprint density at radius 1 is 1.35 bits per heavy atom. The van der Waals surface area contributed by atoms with Crippen LogP contribution in [0.25, 0.3) is 6.08 Å². The van der Waals surface area contributed by atoms with Gasteiger partial charge in [-0.2, -0.15) is 0 Å². The number of nitrogens with one attached hydrogen (secondary N) is 1. The zero-order valence-corrected chi connectivity index (χ0v) is 19.8. The summed E-state index contributed by atoms with van der Waals surface area (Å²) >= 11 is 3.47. The van der Waals surface area contributed by atoms with E-state index in [0.717, 1.165) is 42.1 Å². The summed E-state index contributed by atoms with van der Waals surface area (Å²) in [6.07, 6.45) is 6.25. The van der Waals surface area contributed by atoms with Crippen molar-refractivity contribution in [1.82, 2.24) is 10.2 Å². The predicted molar refractivity (Wildman–Crippen MR) is 122 cm³/mol. The molecule has 7 nitrogen and oxygen atoms in total. The van der Waals surface area contributed by atoms with Gasteiger partial charge < -0.3 is 24.4 Å². The average Bonchev–Trinajstić information content (AvgIpc) is 2.76. The molecule has 1 saturated carbocycles. The SMILES string of the molecule is CCOCCCNC(=O)CN1C(=O)/C(=C/c2ccc(OC)c(Br)c2)OC2CCCCC21. The van der Waals surface area contributed by atoms with Crippen LogP contribution in [0.15, 0.2) is 28.4 Å². The smallest absolute Gasteiger partial charge is 0.289 e. The molecule has 1 heterocycles. The fraction of sp³-hybridized carbons (Fsp3) is 0.565. The molecule has 2 aliphatic rings. The first-order valence-electron chi connectivity index (χ1n) is 10.9. The van der Waals surface area contributed by atoms with Crippen LogP contribution in [0, 0.1) is 0 Å². The van der Waals surface area contributed by atoms with E-state index in [0.29, 0.717) is 25.5 Å². The van der Waals surface area contributed by atoms with E-state index < -0.39 is 0 Å². The van der Waals surface area contributed by atoms with Crippen molar-refractivity contribution in [3.8, 4) is 5.75 Å². The van der Waals surface area contributed by atoms with Gasteiger partial charge in [0, 0.05) is 19.8 Å². The summed E-state index contributed by atoms with van der Waals surface area (Å²) in [6.45, 7) is 3.80. The van der Waals surface area contributed by atoms with Gasteiger partial charge in [0.15, 0.2) is 5.76 Å². The second kappa shape index (κ2) is 11.5. The Morgan fingerprint density at radius 3 is 2.90 bits per heavy atom. The highest BCUT2D eigenvalue weighted by atomic mass is 79.9. The first-order chi connectivity index (χ1) is 15.0. The van der Waals surface area contributed by atoms with Crippen LogP contribution in [0.2, 0.25) is 0 Å². The number of carbonyl (C=O) groups excluding carboxylic acids is 2. The molecule has 1 aromatic rings. The van der Waals surface area contributed by atoms with Crippen molar-refractivity contribution in [2.24, 2.45) is 0 Å². The minimum atomic E-state index is -0.237. The quantitative estimate of drug-likeness (QED) is 0.419. The van der Waals surface area contributed by atoms with Crippen molar-refractivity contribution in [1.29, 1.82) is 0 Å². The van der Waals surface area contributed by atoms with Crippen molar-refractivity contribution >= 4 is 33.8 Å². The summed E-state index contributed by atoms with van der Waals surface area (Å²) in [5.74, 6) is 0.611. The number of ether oxygens (including phenoxy) is 3. The molecular formula is C23H31BrN2O5. The lowest BCUT2D eigenvalue weighted by Gasteiger charge is -2.44. The number of morpholine rings is 1. The number of hydrogen-bond donors (Lipinski definition) is 1. The molecule has 31 heavy (non-hydrogen) atoms. The molecule has 0 bridgehead atoms. The summed E-state index contributed by atoms with van der Waals surface area (Å²) in [4.78, 5) is 27.4. The number of nitrogens with zero attached hydrogens (tertiary/aromatic N) is 1. The van der Waals surface area contributed by atoms with Crippen molar-refractivity contribution < 1.29 is 23.8 Å². The van der Waals surface area contributed by atoms with Gasteiger partial charge in [0.05, 0.1) is 17.6 Å². The highest BCUT2D eigenvalue weighted by Gasteiger charge is 2.42. The summed E-state index contributed by atoms with van der Waals surface area (Å²) < 4.78 is 17.5. The Balaban J connectivity index is 1.72. The van der Waals surface area contributed by atoms with Gasteiger partial charge in [-0.05, 0) is 72.3 Å². The maximum Gasteiger partial charge on any atom is 0.289 e. The number of rotatable bonds is 9. The second-order valence-corrected chi connectivity index (χ2v) is 8.60. The lowest BCUT2D eigenvalue weighted by Crippen LogP contribution is -2.57. The first-order valence-corrected chi connectivity index (χ1v) is 11.7. The molecular weight excluding hydrogens is 464 g/mol. The Bertz CT molecular complexity index is 813. The van der Waals surface area contributed by atoms with Crippen LogP contribution in [0.5, 0.6) is 5.75 Å². The molecule has 2 atom stereocenters. The third-order valence-electron chi connectivity index (χ3n) is 5.60. The van der Waals surface area contributed by atoms with Crippen LogP contribution in [0.1, 0.15) is 44.6 Å². The van der Waals surface area contributed by atoms with Crippen molar-refractivity contribution in [2.75, 3.05) is 33.4 Å². The molecule has 3 rings (SSSR count). The van der Waals surface area contributed by atoms with Crippen molar-refractivity contribution in [3.05, 3.63) is 34.0 Å². The minimum absolute atomic E-state index is 0.0433. The second-order valence-electron chi connectivity index (χ2n) is 7.74. The van der Waals surface area contributed by atoms with Crippen LogP contribution in [0.4, 0.5) is 0 Å². The molecule has 0 spiro atoms. The number of methoxy groups -OCH3 is 1. The maximum absolute atomic E-state index is 13.2. The van der Waals surface area contributed by atoms with E-state index in [9.17, 15) is 9.59 Å². The van der Waals surface area contributed by atoms with E-state index in [4.69, 9.17) is 14.2 Å². The summed E-state index contributed by atoms with van der Waals surface area (Å²) in [7, 11) is 1.61. The average molecular weight is 495 g/mol. The molecule has 2 amide bonds. The number of carbonyl (C=O) groups is 2. The van der Waals surface area contributed by atoms with Gasteiger partial charge in [-0.25, -0.2) is 0 Å². The number of halogens is 1. The van der Waals surface area contributed by atoms with Crippen LogP contribution in [-0.4, -0.2) is 62.3 Å². The number of benzene rings is 1. The van der Waals surface area contributed by atoms with Gasteiger partial charge in [0.2, 0.25) is 5.91 Å². The van der Waals surface area contributed by atoms with E-state index in [2.05, 4.69) is 21.2 Å². The lowest BCUT2D eigenvalue weighted by atomic mass is 9.89. The van der Waals surface area contributed by atoms with Crippen LogP contribution < -0.4 is 10.1 Å². The zero-order chi connectivity index (χ0) is 22.2. The lowest BCUT2D eigenvalue weighted by molar-refractivity contribution is -0.151. The monoisotopic (exact) mass is 494 g/mol. The van der Waals surface area contributed by atoms with Crippen LogP contribution in [0.3, 0.4) is 0 Å². The van der Waals surface area contributed by atoms with E-state index in [-0.39, 0.29) is 36.3 Å². The Hall–Kier alpha value is -2.06. The minimum Gasteiger partial charge on any atom is -0.496 e. The Kier molecular flexibility index (Phi) is 8.78. The van der Waals surface area contributed by atoms with E-state index >= 15 is 0 Å². The van der Waals surface area contributed by atoms with Crippen LogP contribution >= 0.6 is 15.9 Å². The first kappa shape index (κ1) is 23.6. The Labute approximate surface area is 192 Å². The molecule has 0 radical (unpaired) electrons. The summed E-state index contributed by atoms with van der Waals surface area (Å²) in [6, 6.07) is 5.52. The number of fused-ring (bicyclic) bond motifs is 1. The van der Waals surface area contributed by atoms with E-state index in [1.807, 2.05) is 25.1 Å². The predicted octanol–water partition coefficient (Wildman–Crippen LogP) is 3.51. The van der Waals surface area contributed by atoms with Gasteiger partial charge in [0.1, 0.15) is 18.4 Å². The van der Waals surface area contributed by atoms with Gasteiger partial charge in [-0.1, -0.05) is 12.5 Å². The molecule has 1 aliphatic heterocycles. The molecule has 2 fully saturated rings. The highest BCUT2D eigenvalue weighted by Crippen LogP contribution is 2.34. The van der Waals surface area contributed by atoms with Gasteiger partial charge >= 0.3 is 0 Å². The zero-order valence-electron chi connectivity index (χ0n) is 18.2. The van der Waals surface area contributed by atoms with Crippen molar-refractivity contribution in [2.45, 2.75) is 51.2 Å². The fourth-order valence-corrected chi connectivity index (χ4v) is 4.60. The number of amides is 2. The molecule has 0 aromatic heterocycles. The molecule has 8 heteroatoms. The summed E-state index contributed by atoms with van der Waals surface area (Å²) in [5, 5.41) is 2.90. The van der Waals surface area contributed by atoms with E-state index in [1.54, 1.807) is 18.1 Å². The normalized spacial score (nSPS) is 22.1. The van der Waals surface area contributed by atoms with Gasteiger partial charge in [0.25, 0.3) is 5.91 Å². The molecule has 170 valence electrons. The highest BCUT2D eigenvalue weighted by molar-refractivity contribution is 9.10. The fourth-order valence-electron chi connectivity index (χ4n) is 4.04. The standard InChI is InChI=1S/C23H31BrN2O5/c1-3-30-12-6-11-25-22(27)15-26-18-7-4-5-8-20(18)31-21(23(26)28)14-16-9-10-19(29-2)17(24)13-16/h9-10,13-14,18,20H,3-8,11-12,15H2,1-2H3,(H,25,27)/b21-14-. The van der Waals surface area contributed by atoms with Crippen molar-refractivity contribution in [3.63, 3.8) is 0 Å². The van der Waals surface area contributed by atoms with Gasteiger partial charge in [-0.15, -0.1) is 0 Å². The molecule has 1 N–H and O–H groups in total. The van der Waals surface area contributed by atoms with E-state index in [1.165, 1.54) is 0 Å². The third kappa shape index (κ3) is 6.23.